The summed E-state index contributed by atoms with van der Waals surface area (Å²) in [5.74, 6) is -0.822. The highest BCUT2D eigenvalue weighted by molar-refractivity contribution is 5.78. The van der Waals surface area contributed by atoms with Crippen LogP contribution in [0.2, 0.25) is 0 Å². The Kier molecular flexibility index (Phi) is 7.50. The molecule has 0 aliphatic rings. The number of nitro benzene ring substituents is 3. The van der Waals surface area contributed by atoms with Crippen LogP contribution in [-0.4, -0.2) is 33.7 Å². The van der Waals surface area contributed by atoms with E-state index in [2.05, 4.69) is 4.74 Å². The van der Waals surface area contributed by atoms with Crippen LogP contribution in [0, 0.1) is 30.3 Å². The van der Waals surface area contributed by atoms with Gasteiger partial charge in [-0.1, -0.05) is 13.8 Å². The molecule has 0 bridgehead atoms. The van der Waals surface area contributed by atoms with Crippen LogP contribution in [0.4, 0.5) is 26.2 Å². The minimum atomic E-state index is -1.45. The van der Waals surface area contributed by atoms with Crippen LogP contribution >= 0.6 is 0 Å². The van der Waals surface area contributed by atoms with Gasteiger partial charge in [0.05, 0.1) is 21.4 Å². The lowest BCUT2D eigenvalue weighted by molar-refractivity contribution is -0.441. The average Bonchev–Trinajstić information content (AvgIpc) is 2.59. The van der Waals surface area contributed by atoms with Gasteiger partial charge in [0.15, 0.2) is 0 Å². The predicted molar refractivity (Wildman–Crippen MR) is 87.6 cm³/mol. The molecule has 0 heterocycles. The number of carbonyl (C=O) groups excluding carboxylic acids is 1. The van der Waals surface area contributed by atoms with Gasteiger partial charge in [0.25, 0.3) is 0 Å². The number of halogens is 1. The van der Waals surface area contributed by atoms with Crippen molar-refractivity contribution >= 4 is 23.2 Å². The highest BCUT2D eigenvalue weighted by atomic mass is 19.1. The van der Waals surface area contributed by atoms with E-state index in [1.54, 1.807) is 6.92 Å². The maximum absolute atomic E-state index is 13.1. The maximum Gasteiger partial charge on any atom is 0.514 e. The maximum atomic E-state index is 13.1. The summed E-state index contributed by atoms with van der Waals surface area (Å²) in [5, 5.41) is 33.5. The van der Waals surface area contributed by atoms with Gasteiger partial charge in [-0.2, -0.15) is 0 Å². The van der Waals surface area contributed by atoms with Crippen LogP contribution in [0.5, 0.6) is 5.75 Å². The second-order valence-electron chi connectivity index (χ2n) is 5.20. The van der Waals surface area contributed by atoms with Crippen LogP contribution in [0.15, 0.2) is 6.07 Å². The lowest BCUT2D eigenvalue weighted by Gasteiger charge is -2.10. The zero-order valence-electron chi connectivity index (χ0n) is 14.4. The molecule has 0 aromatic heterocycles. The second-order valence-corrected chi connectivity index (χ2v) is 5.20. The SMILES string of the molecule is CCc1cc([N+](=O)[O-])c([N+](=O)[O-])c([N+](=O)[O-])c1OC(=O)OCCC(F)CC. The van der Waals surface area contributed by atoms with Crippen LogP contribution in [-0.2, 0) is 11.2 Å². The van der Waals surface area contributed by atoms with Gasteiger partial charge in [-0.15, -0.1) is 0 Å². The van der Waals surface area contributed by atoms with Crippen molar-refractivity contribution in [2.45, 2.75) is 39.3 Å². The Morgan fingerprint density at radius 3 is 2.15 bits per heavy atom. The largest absolute Gasteiger partial charge is 0.514 e. The van der Waals surface area contributed by atoms with Crippen LogP contribution < -0.4 is 4.74 Å². The molecule has 1 rings (SSSR count). The zero-order chi connectivity index (χ0) is 20.7. The van der Waals surface area contributed by atoms with Crippen molar-refractivity contribution in [2.75, 3.05) is 6.61 Å². The van der Waals surface area contributed by atoms with Crippen molar-refractivity contribution in [1.29, 1.82) is 0 Å². The normalized spacial score (nSPS) is 11.5. The minimum Gasteiger partial charge on any atom is -0.434 e. The average molecular weight is 389 g/mol. The van der Waals surface area contributed by atoms with Gasteiger partial charge < -0.3 is 9.47 Å². The molecule has 0 saturated carbocycles. The first-order valence-electron chi connectivity index (χ1n) is 7.75. The summed E-state index contributed by atoms with van der Waals surface area (Å²) in [6, 6.07) is 0.725. The molecule has 1 atom stereocenters. The highest BCUT2D eigenvalue weighted by Gasteiger charge is 2.42. The fourth-order valence-corrected chi connectivity index (χ4v) is 2.13. The minimum absolute atomic E-state index is 0.0648. The molecule has 0 aliphatic heterocycles. The van der Waals surface area contributed by atoms with E-state index in [-0.39, 0.29) is 31.4 Å². The lowest BCUT2D eigenvalue weighted by Crippen LogP contribution is -2.16. The van der Waals surface area contributed by atoms with E-state index in [4.69, 9.17) is 4.74 Å². The van der Waals surface area contributed by atoms with Crippen molar-refractivity contribution in [3.63, 3.8) is 0 Å². The Labute approximate surface area is 151 Å². The molecule has 27 heavy (non-hydrogen) atoms. The van der Waals surface area contributed by atoms with Gasteiger partial charge in [-0.05, 0) is 12.8 Å². The molecule has 0 amide bonds. The summed E-state index contributed by atoms with van der Waals surface area (Å²) in [7, 11) is 0. The first kappa shape index (κ1) is 21.7. The summed E-state index contributed by atoms with van der Waals surface area (Å²) >= 11 is 0. The smallest absolute Gasteiger partial charge is 0.434 e. The monoisotopic (exact) mass is 389 g/mol. The summed E-state index contributed by atoms with van der Waals surface area (Å²) in [4.78, 5) is 41.6. The Morgan fingerprint density at radius 1 is 1.11 bits per heavy atom. The Hall–Kier alpha value is -3.38. The number of nitrogens with zero attached hydrogens (tertiary/aromatic N) is 3. The zero-order valence-corrected chi connectivity index (χ0v) is 14.4. The van der Waals surface area contributed by atoms with E-state index in [0.29, 0.717) is 0 Å². The number of hydrogen-bond donors (Lipinski definition) is 0. The number of alkyl halides is 1. The summed E-state index contributed by atoms with van der Waals surface area (Å²) in [5.41, 5.74) is -4.03. The van der Waals surface area contributed by atoms with Crippen molar-refractivity contribution < 1.29 is 33.4 Å². The second kappa shape index (κ2) is 9.35. The number of aryl methyl sites for hydroxylation is 1. The molecule has 0 N–H and O–H groups in total. The summed E-state index contributed by atoms with van der Waals surface area (Å²) in [6.45, 7) is 2.65. The van der Waals surface area contributed by atoms with E-state index < -0.39 is 49.9 Å². The first-order valence-corrected chi connectivity index (χ1v) is 7.75. The molecular weight excluding hydrogens is 373 g/mol. The fourth-order valence-electron chi connectivity index (χ4n) is 2.13. The lowest BCUT2D eigenvalue weighted by atomic mass is 10.1. The quantitative estimate of drug-likeness (QED) is 0.265. The summed E-state index contributed by atoms with van der Waals surface area (Å²) < 4.78 is 22.4. The van der Waals surface area contributed by atoms with Gasteiger partial charge in [0, 0.05) is 18.1 Å². The van der Waals surface area contributed by atoms with Crippen LogP contribution in [0.1, 0.15) is 32.3 Å². The Morgan fingerprint density at radius 2 is 1.70 bits per heavy atom. The highest BCUT2D eigenvalue weighted by Crippen LogP contribution is 2.45. The van der Waals surface area contributed by atoms with E-state index in [1.165, 1.54) is 6.92 Å². The van der Waals surface area contributed by atoms with Gasteiger partial charge in [0.2, 0.25) is 5.75 Å². The molecule has 1 unspecified atom stereocenters. The fraction of sp³-hybridized carbons (Fsp3) is 0.500. The van der Waals surface area contributed by atoms with Crippen molar-refractivity contribution in [2.24, 2.45) is 0 Å². The molecule has 0 fully saturated rings. The molecule has 1 aromatic carbocycles. The van der Waals surface area contributed by atoms with E-state index >= 15 is 0 Å². The van der Waals surface area contributed by atoms with Crippen molar-refractivity contribution in [1.82, 2.24) is 0 Å². The van der Waals surface area contributed by atoms with E-state index in [9.17, 15) is 39.5 Å². The number of nitro groups is 3. The molecule has 0 spiro atoms. The Bertz CT molecular complexity index is 769. The third-order valence-electron chi connectivity index (χ3n) is 3.51. The van der Waals surface area contributed by atoms with Crippen LogP contribution in [0.25, 0.3) is 0 Å². The van der Waals surface area contributed by atoms with Crippen molar-refractivity contribution in [3.8, 4) is 5.75 Å². The van der Waals surface area contributed by atoms with E-state index in [0.717, 1.165) is 6.07 Å². The number of hydrogen-bond acceptors (Lipinski definition) is 9. The van der Waals surface area contributed by atoms with Gasteiger partial charge >= 0.3 is 23.2 Å². The molecule has 1 aromatic rings. The van der Waals surface area contributed by atoms with Gasteiger partial charge in [-0.25, -0.2) is 9.18 Å². The first-order chi connectivity index (χ1) is 12.6. The number of rotatable bonds is 9. The third kappa shape index (κ3) is 5.29. The molecule has 0 saturated heterocycles. The number of ether oxygens (including phenoxy) is 2. The molecule has 0 aliphatic carbocycles. The molecule has 13 heteroatoms. The predicted octanol–water partition coefficient (Wildman–Crippen LogP) is 3.63. The number of benzene rings is 1. The molecule has 12 nitrogen and oxygen atoms in total. The third-order valence-corrected chi connectivity index (χ3v) is 3.51. The summed E-state index contributed by atoms with van der Waals surface area (Å²) in [6.07, 6.45) is -2.67. The van der Waals surface area contributed by atoms with E-state index in [1.807, 2.05) is 0 Å². The molecular formula is C14H16FN3O9. The van der Waals surface area contributed by atoms with Gasteiger partial charge in [0.1, 0.15) is 6.17 Å². The van der Waals surface area contributed by atoms with Crippen LogP contribution in [0.3, 0.4) is 0 Å². The van der Waals surface area contributed by atoms with Gasteiger partial charge in [-0.3, -0.25) is 30.3 Å². The number of carbonyl (C=O) groups is 1. The molecule has 148 valence electrons. The standard InChI is InChI=1S/C14H16FN3O9/c1-3-8-7-10(16(20)21)11(17(22)23)12(18(24)25)13(8)27-14(19)26-6-5-9(15)4-2/h7,9H,3-6H2,1-2H3. The topological polar surface area (TPSA) is 165 Å². The van der Waals surface area contributed by atoms with Crippen molar-refractivity contribution in [3.05, 3.63) is 42.0 Å². The Balaban J connectivity index is 3.34. The molecule has 0 radical (unpaired) electrons.